The second kappa shape index (κ2) is 6.68. The van der Waals surface area contributed by atoms with E-state index >= 15 is 0 Å². The van der Waals surface area contributed by atoms with Gasteiger partial charge in [0.1, 0.15) is 6.04 Å². The third-order valence-electron chi connectivity index (χ3n) is 4.65. The van der Waals surface area contributed by atoms with E-state index in [1.165, 1.54) is 28.6 Å². The van der Waals surface area contributed by atoms with Crippen molar-refractivity contribution in [2.75, 3.05) is 4.90 Å². The molecule has 1 amide bonds. The molecule has 1 aromatic carbocycles. The number of thiazole rings is 1. The number of ketones is 1. The predicted molar refractivity (Wildman–Crippen MR) is 107 cm³/mol. The summed E-state index contributed by atoms with van der Waals surface area (Å²) < 4.78 is 6.10. The average Bonchev–Trinajstić information content (AvgIpc) is 3.47. The smallest absolute Gasteiger partial charge is 0.296 e. The number of furan rings is 1. The number of nitrogens with zero attached hydrogens (tertiary/aromatic N) is 3. The normalized spacial score (nSPS) is 16.8. The number of hydrogen-bond acceptors (Lipinski definition) is 7. The van der Waals surface area contributed by atoms with Crippen molar-refractivity contribution in [1.82, 2.24) is 9.97 Å². The second-order valence-corrected chi connectivity index (χ2v) is 7.37. The van der Waals surface area contributed by atoms with Crippen LogP contribution in [-0.4, -0.2) is 26.8 Å². The first-order valence-electron chi connectivity index (χ1n) is 8.76. The molecule has 29 heavy (non-hydrogen) atoms. The largest absolute Gasteiger partial charge is 0.503 e. The number of pyridine rings is 1. The summed E-state index contributed by atoms with van der Waals surface area (Å²) in [5.74, 6) is -1.86. The zero-order valence-corrected chi connectivity index (χ0v) is 15.7. The fourth-order valence-corrected chi connectivity index (χ4v) is 4.35. The molecule has 0 bridgehead atoms. The lowest BCUT2D eigenvalue weighted by atomic mass is 9.99. The van der Waals surface area contributed by atoms with Crippen molar-refractivity contribution in [3.63, 3.8) is 0 Å². The monoisotopic (exact) mass is 403 g/mol. The number of anilines is 1. The number of carbonyl (C=O) groups is 2. The Morgan fingerprint density at radius 2 is 1.93 bits per heavy atom. The van der Waals surface area contributed by atoms with E-state index in [1.54, 1.807) is 30.5 Å². The molecule has 0 fully saturated rings. The van der Waals surface area contributed by atoms with E-state index in [0.717, 1.165) is 10.2 Å². The van der Waals surface area contributed by atoms with Crippen molar-refractivity contribution in [2.45, 2.75) is 6.04 Å². The number of amides is 1. The van der Waals surface area contributed by atoms with Crippen LogP contribution in [0.25, 0.3) is 10.2 Å². The minimum absolute atomic E-state index is 0.0337. The number of carbonyl (C=O) groups excluding carboxylic acids is 2. The van der Waals surface area contributed by atoms with Gasteiger partial charge >= 0.3 is 0 Å². The quantitative estimate of drug-likeness (QED) is 0.516. The minimum atomic E-state index is -0.915. The SMILES string of the molecule is O=C(C1=C(O)C(=O)N(c2nc3ccccc3s2)C1c1ccccn1)c1ccco1. The van der Waals surface area contributed by atoms with E-state index in [2.05, 4.69) is 9.97 Å². The van der Waals surface area contributed by atoms with Crippen LogP contribution in [0.15, 0.2) is 82.8 Å². The summed E-state index contributed by atoms with van der Waals surface area (Å²) in [5, 5.41) is 11.0. The van der Waals surface area contributed by atoms with E-state index in [1.807, 2.05) is 24.3 Å². The Kier molecular flexibility index (Phi) is 3.99. The molecule has 0 saturated heterocycles. The second-order valence-electron chi connectivity index (χ2n) is 6.37. The van der Waals surface area contributed by atoms with Crippen LogP contribution in [0.3, 0.4) is 0 Å². The van der Waals surface area contributed by atoms with E-state index in [4.69, 9.17) is 4.42 Å². The molecule has 1 aliphatic rings. The van der Waals surface area contributed by atoms with Crippen molar-refractivity contribution in [1.29, 1.82) is 0 Å². The number of benzene rings is 1. The van der Waals surface area contributed by atoms with Crippen molar-refractivity contribution >= 4 is 38.4 Å². The van der Waals surface area contributed by atoms with E-state index in [-0.39, 0.29) is 11.3 Å². The van der Waals surface area contributed by atoms with Crippen LogP contribution in [-0.2, 0) is 4.79 Å². The van der Waals surface area contributed by atoms with Gasteiger partial charge in [0.2, 0.25) is 5.78 Å². The van der Waals surface area contributed by atoms with Crippen molar-refractivity contribution in [2.24, 2.45) is 0 Å². The van der Waals surface area contributed by atoms with Crippen LogP contribution in [0, 0.1) is 0 Å². The first kappa shape index (κ1) is 17.3. The Balaban J connectivity index is 1.69. The molecule has 5 rings (SSSR count). The highest BCUT2D eigenvalue weighted by Crippen LogP contribution is 2.43. The molecule has 4 aromatic rings. The van der Waals surface area contributed by atoms with Gasteiger partial charge in [0.25, 0.3) is 5.91 Å². The summed E-state index contributed by atoms with van der Waals surface area (Å²) in [5.41, 5.74) is 1.09. The van der Waals surface area contributed by atoms with E-state index in [0.29, 0.717) is 10.8 Å². The fraction of sp³-hybridized carbons (Fsp3) is 0.0476. The number of Topliss-reactive ketones (excluding diaryl/α,β-unsaturated/α-hetero) is 1. The number of hydrogen-bond donors (Lipinski definition) is 1. The highest BCUT2D eigenvalue weighted by molar-refractivity contribution is 7.22. The van der Waals surface area contributed by atoms with Gasteiger partial charge in [-0.2, -0.15) is 0 Å². The van der Waals surface area contributed by atoms with Crippen LogP contribution >= 0.6 is 11.3 Å². The molecule has 3 aromatic heterocycles. The van der Waals surface area contributed by atoms with Crippen LogP contribution < -0.4 is 4.90 Å². The van der Waals surface area contributed by atoms with E-state index < -0.39 is 23.5 Å². The summed E-state index contributed by atoms with van der Waals surface area (Å²) in [6.45, 7) is 0. The Morgan fingerprint density at radius 3 is 2.66 bits per heavy atom. The molecule has 1 N–H and O–H groups in total. The lowest BCUT2D eigenvalue weighted by Gasteiger charge is -2.23. The average molecular weight is 403 g/mol. The standard InChI is InChI=1S/C21H13N3O4S/c25-18(14-8-5-11-28-14)16-17(13-7-3-4-10-22-13)24(20(27)19(16)26)21-23-12-6-1-2-9-15(12)29-21/h1-11,17,26H. The maximum Gasteiger partial charge on any atom is 0.296 e. The van der Waals surface area contributed by atoms with Gasteiger partial charge in [-0.3, -0.25) is 19.5 Å². The zero-order valence-electron chi connectivity index (χ0n) is 14.9. The molecule has 0 spiro atoms. The molecule has 7 nitrogen and oxygen atoms in total. The minimum Gasteiger partial charge on any atom is -0.503 e. The molecule has 0 radical (unpaired) electrons. The van der Waals surface area contributed by atoms with Gasteiger partial charge in [-0.05, 0) is 36.4 Å². The Hall–Kier alpha value is -3.78. The molecule has 1 atom stereocenters. The first-order chi connectivity index (χ1) is 14.1. The third-order valence-corrected chi connectivity index (χ3v) is 5.69. The van der Waals surface area contributed by atoms with Crippen LogP contribution in [0.2, 0.25) is 0 Å². The molecule has 0 saturated carbocycles. The Morgan fingerprint density at radius 1 is 1.10 bits per heavy atom. The summed E-state index contributed by atoms with van der Waals surface area (Å²) in [6.07, 6.45) is 2.93. The molecular weight excluding hydrogens is 390 g/mol. The highest BCUT2D eigenvalue weighted by Gasteiger charge is 2.47. The Labute approximate surface area is 168 Å². The molecule has 1 aliphatic heterocycles. The van der Waals surface area contributed by atoms with Crippen molar-refractivity contribution in [3.05, 3.63) is 89.8 Å². The highest BCUT2D eigenvalue weighted by atomic mass is 32.1. The van der Waals surface area contributed by atoms with Crippen molar-refractivity contribution in [3.8, 4) is 0 Å². The molecule has 4 heterocycles. The number of para-hydroxylation sites is 1. The lowest BCUT2D eigenvalue weighted by molar-refractivity contribution is -0.117. The van der Waals surface area contributed by atoms with Gasteiger partial charge in [-0.1, -0.05) is 29.5 Å². The molecule has 0 aliphatic carbocycles. The number of aliphatic hydroxyl groups excluding tert-OH is 1. The summed E-state index contributed by atoms with van der Waals surface area (Å²) in [7, 11) is 0. The van der Waals surface area contributed by atoms with Crippen LogP contribution in [0.4, 0.5) is 5.13 Å². The van der Waals surface area contributed by atoms with Gasteiger partial charge in [0.05, 0.1) is 27.7 Å². The maximum absolute atomic E-state index is 13.1. The number of fused-ring (bicyclic) bond motifs is 1. The van der Waals surface area contributed by atoms with Gasteiger partial charge in [0.15, 0.2) is 16.7 Å². The van der Waals surface area contributed by atoms with Gasteiger partial charge < -0.3 is 9.52 Å². The topological polar surface area (TPSA) is 96.5 Å². The summed E-state index contributed by atoms with van der Waals surface area (Å²) in [6, 6.07) is 14.8. The Bertz CT molecular complexity index is 1230. The van der Waals surface area contributed by atoms with Crippen molar-refractivity contribution < 1.29 is 19.1 Å². The van der Waals surface area contributed by atoms with Gasteiger partial charge in [-0.15, -0.1) is 0 Å². The number of aromatic nitrogens is 2. The third kappa shape index (κ3) is 2.73. The molecular formula is C21H13N3O4S. The van der Waals surface area contributed by atoms with Gasteiger partial charge in [0, 0.05) is 6.20 Å². The summed E-state index contributed by atoms with van der Waals surface area (Å²) >= 11 is 1.30. The maximum atomic E-state index is 13.1. The summed E-state index contributed by atoms with van der Waals surface area (Å²) in [4.78, 5) is 36.3. The number of rotatable bonds is 4. The lowest BCUT2D eigenvalue weighted by Crippen LogP contribution is -2.31. The zero-order chi connectivity index (χ0) is 20.0. The van der Waals surface area contributed by atoms with Crippen LogP contribution in [0.5, 0.6) is 0 Å². The fourth-order valence-electron chi connectivity index (χ4n) is 3.36. The van der Waals surface area contributed by atoms with Gasteiger partial charge in [-0.25, -0.2) is 4.98 Å². The number of aliphatic hydroxyl groups is 1. The molecule has 142 valence electrons. The van der Waals surface area contributed by atoms with Crippen LogP contribution in [0.1, 0.15) is 22.3 Å². The van der Waals surface area contributed by atoms with E-state index in [9.17, 15) is 14.7 Å². The predicted octanol–water partition coefficient (Wildman–Crippen LogP) is 4.07. The molecule has 8 heteroatoms. The molecule has 1 unspecified atom stereocenters. The first-order valence-corrected chi connectivity index (χ1v) is 9.58.